The Bertz CT molecular complexity index is 626. The highest BCUT2D eigenvalue weighted by Crippen LogP contribution is 2.22. The number of hydrogen-bond donors (Lipinski definition) is 1. The predicted molar refractivity (Wildman–Crippen MR) is 84.6 cm³/mol. The molecule has 0 radical (unpaired) electrons. The first-order chi connectivity index (χ1) is 10.7. The summed E-state index contributed by atoms with van der Waals surface area (Å²) in [5, 5.41) is 6.73. The van der Waals surface area contributed by atoms with Crippen molar-refractivity contribution in [3.63, 3.8) is 0 Å². The van der Waals surface area contributed by atoms with E-state index >= 15 is 0 Å². The van der Waals surface area contributed by atoms with Gasteiger partial charge in [-0.25, -0.2) is 4.79 Å². The van der Waals surface area contributed by atoms with Gasteiger partial charge in [0.1, 0.15) is 0 Å². The lowest BCUT2D eigenvalue weighted by Gasteiger charge is -2.20. The zero-order chi connectivity index (χ0) is 15.4. The van der Waals surface area contributed by atoms with E-state index in [1.807, 2.05) is 35.2 Å². The fourth-order valence-electron chi connectivity index (χ4n) is 2.51. The molecule has 1 aromatic heterocycles. The van der Waals surface area contributed by atoms with Gasteiger partial charge >= 0.3 is 6.03 Å². The van der Waals surface area contributed by atoms with Gasteiger partial charge in [0, 0.05) is 31.3 Å². The van der Waals surface area contributed by atoms with Gasteiger partial charge in [-0.15, -0.1) is 0 Å². The molecule has 1 fully saturated rings. The summed E-state index contributed by atoms with van der Waals surface area (Å²) in [7, 11) is 2.07. The summed E-state index contributed by atoms with van der Waals surface area (Å²) >= 11 is 0. The van der Waals surface area contributed by atoms with Crippen LogP contribution in [0.4, 0.5) is 10.6 Å². The lowest BCUT2D eigenvalue weighted by atomic mass is 10.2. The molecule has 116 valence electrons. The number of nitrogens with zero attached hydrogens (tertiary/aromatic N) is 3. The normalized spacial score (nSPS) is 16.3. The van der Waals surface area contributed by atoms with Crippen molar-refractivity contribution in [3.8, 4) is 11.3 Å². The second kappa shape index (κ2) is 6.62. The van der Waals surface area contributed by atoms with Crippen LogP contribution in [0.2, 0.25) is 0 Å². The van der Waals surface area contributed by atoms with E-state index in [1.165, 1.54) is 0 Å². The first kappa shape index (κ1) is 14.6. The van der Waals surface area contributed by atoms with Gasteiger partial charge in [0.15, 0.2) is 11.6 Å². The molecular weight excluding hydrogens is 280 g/mol. The monoisotopic (exact) mass is 300 g/mol. The Morgan fingerprint density at radius 2 is 2.00 bits per heavy atom. The summed E-state index contributed by atoms with van der Waals surface area (Å²) in [6, 6.07) is 11.3. The minimum atomic E-state index is -0.122. The van der Waals surface area contributed by atoms with Crippen molar-refractivity contribution in [1.29, 1.82) is 0 Å². The van der Waals surface area contributed by atoms with E-state index in [-0.39, 0.29) is 6.03 Å². The van der Waals surface area contributed by atoms with Gasteiger partial charge < -0.3 is 14.3 Å². The van der Waals surface area contributed by atoms with E-state index in [0.29, 0.717) is 11.6 Å². The summed E-state index contributed by atoms with van der Waals surface area (Å²) in [5.74, 6) is 1.09. The zero-order valence-electron chi connectivity index (χ0n) is 12.7. The van der Waals surface area contributed by atoms with Crippen LogP contribution >= 0.6 is 0 Å². The summed E-state index contributed by atoms with van der Waals surface area (Å²) in [4.78, 5) is 16.3. The maximum atomic E-state index is 12.3. The fourth-order valence-corrected chi connectivity index (χ4v) is 2.51. The quantitative estimate of drug-likeness (QED) is 0.925. The minimum absolute atomic E-state index is 0.122. The molecule has 2 aromatic rings. The topological polar surface area (TPSA) is 61.6 Å². The van der Waals surface area contributed by atoms with E-state index in [9.17, 15) is 4.79 Å². The summed E-state index contributed by atoms with van der Waals surface area (Å²) in [5.41, 5.74) is 0.937. The third-order valence-electron chi connectivity index (χ3n) is 3.81. The lowest BCUT2D eigenvalue weighted by Crippen LogP contribution is -2.37. The van der Waals surface area contributed by atoms with Crippen LogP contribution in [-0.4, -0.2) is 54.2 Å². The molecule has 6 heteroatoms. The number of nitrogens with one attached hydrogen (secondary N) is 1. The summed E-state index contributed by atoms with van der Waals surface area (Å²) in [6.45, 7) is 3.40. The van der Waals surface area contributed by atoms with E-state index < -0.39 is 0 Å². The Morgan fingerprint density at radius 1 is 1.18 bits per heavy atom. The maximum absolute atomic E-state index is 12.3. The number of aromatic nitrogens is 1. The molecule has 2 amide bonds. The van der Waals surface area contributed by atoms with E-state index in [2.05, 4.69) is 22.4 Å². The SMILES string of the molecule is CN1CCCN(C(=O)Nc2cc(-c3ccccc3)on2)CC1. The largest absolute Gasteiger partial charge is 0.354 e. The summed E-state index contributed by atoms with van der Waals surface area (Å²) < 4.78 is 5.29. The fraction of sp³-hybridized carbons (Fsp3) is 0.375. The predicted octanol–water partition coefficient (Wildman–Crippen LogP) is 2.51. The molecule has 1 saturated heterocycles. The molecule has 3 rings (SSSR count). The molecule has 6 nitrogen and oxygen atoms in total. The molecule has 0 spiro atoms. The molecule has 1 aliphatic rings. The lowest BCUT2D eigenvalue weighted by molar-refractivity contribution is 0.213. The number of benzene rings is 1. The van der Waals surface area contributed by atoms with Crippen LogP contribution in [0.3, 0.4) is 0 Å². The number of urea groups is 1. The molecular formula is C16H20N4O2. The number of carbonyl (C=O) groups is 1. The maximum Gasteiger partial charge on any atom is 0.323 e. The van der Waals surface area contributed by atoms with Crippen LogP contribution in [0.5, 0.6) is 0 Å². The molecule has 22 heavy (non-hydrogen) atoms. The third-order valence-corrected chi connectivity index (χ3v) is 3.81. The van der Waals surface area contributed by atoms with Crippen LogP contribution in [0.1, 0.15) is 6.42 Å². The third kappa shape index (κ3) is 3.46. The highest BCUT2D eigenvalue weighted by atomic mass is 16.5. The van der Waals surface area contributed by atoms with Gasteiger partial charge in [0.25, 0.3) is 0 Å². The molecule has 0 saturated carbocycles. The van der Waals surface area contributed by atoms with Gasteiger partial charge in [-0.05, 0) is 20.0 Å². The molecule has 2 heterocycles. The van der Waals surface area contributed by atoms with Crippen molar-refractivity contribution in [2.45, 2.75) is 6.42 Å². The molecule has 1 aliphatic heterocycles. The van der Waals surface area contributed by atoms with E-state index in [1.54, 1.807) is 6.07 Å². The van der Waals surface area contributed by atoms with Crippen molar-refractivity contribution in [3.05, 3.63) is 36.4 Å². The van der Waals surface area contributed by atoms with E-state index in [0.717, 1.165) is 38.2 Å². The van der Waals surface area contributed by atoms with Crippen molar-refractivity contribution >= 4 is 11.8 Å². The van der Waals surface area contributed by atoms with Gasteiger partial charge in [-0.3, -0.25) is 5.32 Å². The van der Waals surface area contributed by atoms with Crippen LogP contribution in [0, 0.1) is 0 Å². The molecule has 1 N–H and O–H groups in total. The number of amides is 2. The Hall–Kier alpha value is -2.34. The van der Waals surface area contributed by atoms with E-state index in [4.69, 9.17) is 4.52 Å². The number of carbonyl (C=O) groups excluding carboxylic acids is 1. The molecule has 1 aromatic carbocycles. The number of likely N-dealkylation sites (N-methyl/N-ethyl adjacent to an activating group) is 1. The number of hydrogen-bond acceptors (Lipinski definition) is 4. The van der Waals surface area contributed by atoms with Crippen molar-refractivity contribution in [2.75, 3.05) is 38.5 Å². The first-order valence-corrected chi connectivity index (χ1v) is 7.49. The average molecular weight is 300 g/mol. The van der Waals surface area contributed by atoms with Crippen molar-refractivity contribution in [2.24, 2.45) is 0 Å². The Balaban J connectivity index is 1.63. The Kier molecular flexibility index (Phi) is 4.39. The number of rotatable bonds is 2. The Labute approximate surface area is 129 Å². The van der Waals surface area contributed by atoms with Crippen LogP contribution in [0.15, 0.2) is 40.9 Å². The molecule has 0 unspecified atom stereocenters. The van der Waals surface area contributed by atoms with Crippen LogP contribution in [0.25, 0.3) is 11.3 Å². The van der Waals surface area contributed by atoms with Gasteiger partial charge in [0.05, 0.1) is 0 Å². The highest BCUT2D eigenvalue weighted by molar-refractivity contribution is 5.88. The molecule has 0 atom stereocenters. The Morgan fingerprint density at radius 3 is 2.82 bits per heavy atom. The first-order valence-electron chi connectivity index (χ1n) is 7.49. The van der Waals surface area contributed by atoms with Crippen molar-refractivity contribution in [1.82, 2.24) is 15.0 Å². The second-order valence-electron chi connectivity index (χ2n) is 5.52. The standard InChI is InChI=1S/C16H20N4O2/c1-19-8-5-9-20(11-10-19)16(21)17-15-12-14(22-18-15)13-6-3-2-4-7-13/h2-4,6-7,12H,5,8-11H2,1H3,(H,17,18,21). The molecule has 0 bridgehead atoms. The molecule has 0 aliphatic carbocycles. The highest BCUT2D eigenvalue weighted by Gasteiger charge is 2.18. The second-order valence-corrected chi connectivity index (χ2v) is 5.52. The zero-order valence-corrected chi connectivity index (χ0v) is 12.7. The van der Waals surface area contributed by atoms with Gasteiger partial charge in [-0.2, -0.15) is 0 Å². The van der Waals surface area contributed by atoms with Gasteiger partial charge in [-0.1, -0.05) is 35.5 Å². The van der Waals surface area contributed by atoms with Crippen molar-refractivity contribution < 1.29 is 9.32 Å². The summed E-state index contributed by atoms with van der Waals surface area (Å²) in [6.07, 6.45) is 0.984. The van der Waals surface area contributed by atoms with Crippen LogP contribution < -0.4 is 5.32 Å². The smallest absolute Gasteiger partial charge is 0.323 e. The van der Waals surface area contributed by atoms with Gasteiger partial charge in [0.2, 0.25) is 0 Å². The number of anilines is 1. The average Bonchev–Trinajstić information content (AvgIpc) is 2.88. The van der Waals surface area contributed by atoms with Crippen LogP contribution in [-0.2, 0) is 0 Å². The minimum Gasteiger partial charge on any atom is -0.354 e.